The number of unbranched alkanes of at least 4 members (excludes halogenated alkanes) is 4. The van der Waals surface area contributed by atoms with Crippen molar-refractivity contribution in [3.63, 3.8) is 0 Å². The van der Waals surface area contributed by atoms with Crippen molar-refractivity contribution in [2.24, 2.45) is 0 Å². The molecule has 0 amide bonds. The van der Waals surface area contributed by atoms with Crippen molar-refractivity contribution in [1.29, 1.82) is 0 Å². The molecule has 1 aliphatic carbocycles. The first-order chi connectivity index (χ1) is 20.2. The summed E-state index contributed by atoms with van der Waals surface area (Å²) in [5.41, 5.74) is 3.24. The fraction of sp³-hybridized carbons (Fsp3) is 0.606. The third-order valence-electron chi connectivity index (χ3n) is 7.81. The second-order valence-corrected chi connectivity index (χ2v) is 13.7. The number of sulfone groups is 1. The molecule has 0 radical (unpaired) electrons. The number of hydrogen-bond donors (Lipinski definition) is 3. The zero-order chi connectivity index (χ0) is 30.4. The molecular formula is C33H49NO7S. The molecular weight excluding hydrogens is 554 g/mol. The molecule has 0 bridgehead atoms. The van der Waals surface area contributed by atoms with Crippen molar-refractivity contribution in [3.05, 3.63) is 58.7 Å². The number of aryl methyl sites for hydroxylation is 2. The minimum Gasteiger partial charge on any atom is -0.426 e. The predicted octanol–water partition coefficient (Wildman–Crippen LogP) is 5.35. The third kappa shape index (κ3) is 11.1. The standard InChI is InChI=1S/C33H49NO7S/c1-25-19-27(21-31(20-25)42(38,39)30-12-5-6-13-30)11-7-10-18-40-17-9-4-3-8-16-34-23-32(37)28-14-15-33(41-26(2)36)29(22-28)24-35/h14-15,19-22,30,32,34-35,37H,3-13,16-18,23-24H2,1-2H3/t32-/m0/s1. The SMILES string of the molecule is CC(=O)Oc1ccc([C@@H](O)CNCCCCCCOCCCCc2cc(C)cc(S(=O)(=O)C3CCCC3)c2)cc1CO. The van der Waals surface area contributed by atoms with Crippen LogP contribution in [0.15, 0.2) is 41.3 Å². The molecule has 1 saturated carbocycles. The molecule has 3 N–H and O–H groups in total. The maximum Gasteiger partial charge on any atom is 0.308 e. The van der Waals surface area contributed by atoms with Crippen molar-refractivity contribution in [2.45, 2.75) is 107 Å². The first-order valence-electron chi connectivity index (χ1n) is 15.4. The average molecular weight is 604 g/mol. The normalized spacial score (nSPS) is 14.8. The van der Waals surface area contributed by atoms with Gasteiger partial charge in [0.2, 0.25) is 0 Å². The summed E-state index contributed by atoms with van der Waals surface area (Å²) >= 11 is 0. The second kappa shape index (κ2) is 17.7. The zero-order valence-corrected chi connectivity index (χ0v) is 26.1. The second-order valence-electron chi connectivity index (χ2n) is 11.4. The number of aliphatic hydroxyl groups is 2. The quantitative estimate of drug-likeness (QED) is 0.112. The highest BCUT2D eigenvalue weighted by molar-refractivity contribution is 7.92. The fourth-order valence-corrected chi connectivity index (χ4v) is 7.51. The zero-order valence-electron chi connectivity index (χ0n) is 25.3. The highest BCUT2D eigenvalue weighted by Gasteiger charge is 2.30. The number of ether oxygens (including phenoxy) is 2. The van der Waals surface area contributed by atoms with Gasteiger partial charge in [-0.15, -0.1) is 0 Å². The van der Waals surface area contributed by atoms with E-state index in [1.165, 1.54) is 6.92 Å². The Morgan fingerprint density at radius 2 is 1.71 bits per heavy atom. The van der Waals surface area contributed by atoms with E-state index in [1.54, 1.807) is 18.2 Å². The molecule has 1 atom stereocenters. The fourth-order valence-electron chi connectivity index (χ4n) is 5.51. The molecule has 2 aromatic carbocycles. The van der Waals surface area contributed by atoms with Crippen LogP contribution >= 0.6 is 0 Å². The Balaban J connectivity index is 1.21. The molecule has 0 aromatic heterocycles. The van der Waals surface area contributed by atoms with Gasteiger partial charge in [0.25, 0.3) is 0 Å². The van der Waals surface area contributed by atoms with Crippen LogP contribution in [-0.4, -0.2) is 56.2 Å². The summed E-state index contributed by atoms with van der Waals surface area (Å²) in [6.07, 6.45) is 9.87. The van der Waals surface area contributed by atoms with Crippen molar-refractivity contribution in [2.75, 3.05) is 26.3 Å². The highest BCUT2D eigenvalue weighted by atomic mass is 32.2. The number of rotatable bonds is 19. The van der Waals surface area contributed by atoms with Crippen LogP contribution in [0.5, 0.6) is 5.75 Å². The lowest BCUT2D eigenvalue weighted by atomic mass is 10.1. The molecule has 0 saturated heterocycles. The number of aliphatic hydroxyl groups excluding tert-OH is 2. The molecule has 0 spiro atoms. The van der Waals surface area contributed by atoms with E-state index in [-0.39, 0.29) is 11.9 Å². The van der Waals surface area contributed by atoms with Gasteiger partial charge in [-0.3, -0.25) is 4.79 Å². The van der Waals surface area contributed by atoms with Crippen LogP contribution in [0.1, 0.15) is 99.5 Å². The largest absolute Gasteiger partial charge is 0.426 e. The lowest BCUT2D eigenvalue weighted by Crippen LogP contribution is -2.22. The first-order valence-corrected chi connectivity index (χ1v) is 17.0. The van der Waals surface area contributed by atoms with Crippen LogP contribution in [0, 0.1) is 6.92 Å². The van der Waals surface area contributed by atoms with Crippen molar-refractivity contribution in [3.8, 4) is 5.75 Å². The topological polar surface area (TPSA) is 122 Å². The van der Waals surface area contributed by atoms with Gasteiger partial charge >= 0.3 is 5.97 Å². The maximum absolute atomic E-state index is 13.0. The van der Waals surface area contributed by atoms with E-state index in [1.807, 2.05) is 19.1 Å². The Hall–Kier alpha value is -2.30. The van der Waals surface area contributed by atoms with E-state index in [9.17, 15) is 23.4 Å². The first kappa shape index (κ1) is 34.2. The van der Waals surface area contributed by atoms with E-state index in [4.69, 9.17) is 9.47 Å². The van der Waals surface area contributed by atoms with Crippen LogP contribution in [0.25, 0.3) is 0 Å². The Kier molecular flexibility index (Phi) is 14.4. The van der Waals surface area contributed by atoms with Gasteiger partial charge in [-0.25, -0.2) is 8.42 Å². The molecule has 2 aromatic rings. The lowest BCUT2D eigenvalue weighted by molar-refractivity contribution is -0.131. The summed E-state index contributed by atoms with van der Waals surface area (Å²) < 4.78 is 36.9. The monoisotopic (exact) mass is 603 g/mol. The summed E-state index contributed by atoms with van der Waals surface area (Å²) in [6.45, 7) is 5.68. The summed E-state index contributed by atoms with van der Waals surface area (Å²) in [6, 6.07) is 10.8. The minimum atomic E-state index is -3.22. The summed E-state index contributed by atoms with van der Waals surface area (Å²) in [5, 5.41) is 23.0. The Morgan fingerprint density at radius 1 is 1.00 bits per heavy atom. The molecule has 0 aliphatic heterocycles. The van der Waals surface area contributed by atoms with E-state index >= 15 is 0 Å². The van der Waals surface area contributed by atoms with Gasteiger partial charge in [-0.2, -0.15) is 0 Å². The molecule has 1 aliphatic rings. The van der Waals surface area contributed by atoms with Crippen LogP contribution in [-0.2, 0) is 32.4 Å². The van der Waals surface area contributed by atoms with Gasteiger partial charge < -0.3 is 25.0 Å². The predicted molar refractivity (Wildman–Crippen MR) is 164 cm³/mol. The smallest absolute Gasteiger partial charge is 0.308 e. The van der Waals surface area contributed by atoms with Crippen LogP contribution < -0.4 is 10.1 Å². The van der Waals surface area contributed by atoms with Crippen molar-refractivity contribution >= 4 is 15.8 Å². The Labute approximate surface area is 251 Å². The average Bonchev–Trinajstić information content (AvgIpc) is 3.51. The summed E-state index contributed by atoms with van der Waals surface area (Å²) in [4.78, 5) is 11.7. The number of esters is 1. The maximum atomic E-state index is 13.0. The number of carbonyl (C=O) groups excluding carboxylic acids is 1. The van der Waals surface area contributed by atoms with Gasteiger partial charge in [0.05, 0.1) is 22.9 Å². The third-order valence-corrected chi connectivity index (χ3v) is 10.0. The molecule has 234 valence electrons. The Morgan fingerprint density at radius 3 is 2.43 bits per heavy atom. The van der Waals surface area contributed by atoms with Gasteiger partial charge in [-0.05, 0) is 99.4 Å². The summed E-state index contributed by atoms with van der Waals surface area (Å²) in [5.74, 6) is -0.145. The Bertz CT molecular complexity index is 1220. The van der Waals surface area contributed by atoms with Crippen LogP contribution in [0.3, 0.4) is 0 Å². The molecule has 0 unspecified atom stereocenters. The van der Waals surface area contributed by atoms with Gasteiger partial charge in [0.15, 0.2) is 9.84 Å². The van der Waals surface area contributed by atoms with E-state index in [0.29, 0.717) is 28.3 Å². The minimum absolute atomic E-state index is 0.211. The highest BCUT2D eigenvalue weighted by Crippen LogP contribution is 2.30. The number of nitrogens with one attached hydrogen (secondary N) is 1. The van der Waals surface area contributed by atoms with Crippen LogP contribution in [0.2, 0.25) is 0 Å². The molecule has 8 nitrogen and oxygen atoms in total. The molecule has 1 fully saturated rings. The van der Waals surface area contributed by atoms with Gasteiger partial charge in [0.1, 0.15) is 5.75 Å². The van der Waals surface area contributed by atoms with E-state index in [2.05, 4.69) is 11.4 Å². The summed E-state index contributed by atoms with van der Waals surface area (Å²) in [7, 11) is -3.22. The van der Waals surface area contributed by atoms with Gasteiger partial charge in [0, 0.05) is 32.2 Å². The number of carbonyl (C=O) groups is 1. The molecule has 9 heteroatoms. The lowest BCUT2D eigenvalue weighted by Gasteiger charge is -2.15. The van der Waals surface area contributed by atoms with Crippen LogP contribution in [0.4, 0.5) is 0 Å². The number of benzene rings is 2. The molecule has 0 heterocycles. The molecule has 3 rings (SSSR count). The molecule has 42 heavy (non-hydrogen) atoms. The van der Waals surface area contributed by atoms with Crippen molar-refractivity contribution < 1.29 is 32.9 Å². The van der Waals surface area contributed by atoms with E-state index < -0.39 is 21.9 Å². The van der Waals surface area contributed by atoms with Crippen molar-refractivity contribution in [1.82, 2.24) is 5.32 Å². The van der Waals surface area contributed by atoms with E-state index in [0.717, 1.165) is 102 Å². The van der Waals surface area contributed by atoms with Gasteiger partial charge in [-0.1, -0.05) is 37.8 Å². The number of hydrogen-bond acceptors (Lipinski definition) is 8.